The Hall–Kier alpha value is -4.58. The molecule has 9 nitrogen and oxygen atoms in total. The third kappa shape index (κ3) is 7.93. The molecule has 3 aromatic heterocycles. The van der Waals surface area contributed by atoms with Crippen molar-refractivity contribution < 1.29 is 27.4 Å². The van der Waals surface area contributed by atoms with E-state index in [0.29, 0.717) is 28.4 Å². The molecule has 1 unspecified atom stereocenters. The number of ether oxygens (including phenoxy) is 2. The number of halogens is 4. The Balaban J connectivity index is 0.000000501. The van der Waals surface area contributed by atoms with E-state index in [-0.39, 0.29) is 23.0 Å². The van der Waals surface area contributed by atoms with Crippen molar-refractivity contribution in [3.63, 3.8) is 0 Å². The Morgan fingerprint density at radius 3 is 2.53 bits per heavy atom. The molecule has 0 aliphatic rings. The van der Waals surface area contributed by atoms with Crippen molar-refractivity contribution in [2.24, 2.45) is 7.05 Å². The first kappa shape index (κ1) is 33.3. The van der Waals surface area contributed by atoms with E-state index in [1.165, 1.54) is 13.5 Å². The molecule has 1 N–H and O–H groups in total. The van der Waals surface area contributed by atoms with Gasteiger partial charge in [0.15, 0.2) is 5.75 Å². The maximum Gasteiger partial charge on any atom is 0.417 e. The highest BCUT2D eigenvalue weighted by Crippen LogP contribution is 2.40. The molecule has 0 saturated heterocycles. The number of carbonyl (C=O) groups excluding carboxylic acids is 1. The largest absolute Gasteiger partial charge is 0.495 e. The van der Waals surface area contributed by atoms with Crippen LogP contribution in [0.2, 0.25) is 5.02 Å². The van der Waals surface area contributed by atoms with Crippen LogP contribution < -0.4 is 14.8 Å². The number of carbonyl (C=O) groups is 1. The normalized spacial score (nSPS) is 11.9. The fourth-order valence-corrected chi connectivity index (χ4v) is 4.79. The van der Waals surface area contributed by atoms with Gasteiger partial charge in [0.25, 0.3) is 5.91 Å². The van der Waals surface area contributed by atoms with Gasteiger partial charge in [-0.2, -0.15) is 18.2 Å². The number of rotatable bonds is 9. The zero-order chi connectivity index (χ0) is 32.7. The highest BCUT2D eigenvalue weighted by Gasteiger charge is 2.34. The Morgan fingerprint density at radius 2 is 1.89 bits per heavy atom. The number of benzene rings is 2. The van der Waals surface area contributed by atoms with Crippen LogP contribution in [0.1, 0.15) is 61.4 Å². The summed E-state index contributed by atoms with van der Waals surface area (Å²) < 4.78 is 55.0. The number of para-hydroxylation sites is 1. The van der Waals surface area contributed by atoms with Gasteiger partial charge in [-0.05, 0) is 31.0 Å². The summed E-state index contributed by atoms with van der Waals surface area (Å²) in [5.74, 6) is 0.989. The van der Waals surface area contributed by atoms with Crippen LogP contribution in [0.3, 0.4) is 0 Å². The molecule has 2 aromatic carbocycles. The van der Waals surface area contributed by atoms with Crippen molar-refractivity contribution in [1.29, 1.82) is 0 Å². The van der Waals surface area contributed by atoms with Crippen molar-refractivity contribution in [3.05, 3.63) is 89.5 Å². The number of fused-ring (bicyclic) bond motifs is 1. The van der Waals surface area contributed by atoms with Gasteiger partial charge in [0, 0.05) is 55.6 Å². The lowest BCUT2D eigenvalue weighted by atomic mass is 10.1. The van der Waals surface area contributed by atoms with Gasteiger partial charge in [0.1, 0.15) is 17.3 Å². The third-order valence-corrected chi connectivity index (χ3v) is 7.36. The van der Waals surface area contributed by atoms with Crippen molar-refractivity contribution in [2.75, 3.05) is 12.4 Å². The minimum absolute atomic E-state index is 0.00462. The third-order valence-electron chi connectivity index (χ3n) is 7.05. The van der Waals surface area contributed by atoms with E-state index in [2.05, 4.69) is 31.8 Å². The lowest BCUT2D eigenvalue weighted by molar-refractivity contribution is -0.137. The fourth-order valence-electron chi connectivity index (χ4n) is 4.53. The Morgan fingerprint density at radius 1 is 1.11 bits per heavy atom. The topological polar surface area (TPSA) is 96.1 Å². The number of alkyl halides is 3. The molecular weight excluding hydrogens is 609 g/mol. The number of nitrogens with zero attached hydrogens (tertiary/aromatic N) is 5. The van der Waals surface area contributed by atoms with Crippen molar-refractivity contribution >= 4 is 34.1 Å². The average molecular weight is 643 g/mol. The lowest BCUT2D eigenvalue weighted by Gasteiger charge is -2.15. The maximum absolute atomic E-state index is 13.4. The number of methoxy groups -OCH3 is 1. The molecule has 238 valence electrons. The zero-order valence-electron chi connectivity index (χ0n) is 25.5. The van der Waals surface area contributed by atoms with Crippen LogP contribution in [0.4, 0.5) is 18.9 Å². The van der Waals surface area contributed by atoms with Crippen molar-refractivity contribution in [2.45, 2.75) is 52.3 Å². The fraction of sp³-hybridized carbons (Fsp3) is 0.312. The van der Waals surface area contributed by atoms with Crippen LogP contribution in [-0.4, -0.2) is 37.1 Å². The van der Waals surface area contributed by atoms with Crippen LogP contribution >= 0.6 is 11.6 Å². The Labute approximate surface area is 264 Å². The van der Waals surface area contributed by atoms with E-state index in [1.807, 2.05) is 26.4 Å². The monoisotopic (exact) mass is 642 g/mol. The quantitative estimate of drug-likeness (QED) is 0.173. The number of nitrogens with one attached hydrogen (secondary N) is 1. The molecular formula is C32H34ClF3N6O3. The predicted octanol–water partition coefficient (Wildman–Crippen LogP) is 8.50. The van der Waals surface area contributed by atoms with E-state index in [1.54, 1.807) is 54.3 Å². The van der Waals surface area contributed by atoms with E-state index in [0.717, 1.165) is 25.1 Å². The molecule has 0 saturated carbocycles. The first-order chi connectivity index (χ1) is 21.5. The van der Waals surface area contributed by atoms with Gasteiger partial charge in [0.2, 0.25) is 5.88 Å². The summed E-state index contributed by atoms with van der Waals surface area (Å²) in [4.78, 5) is 25.9. The summed E-state index contributed by atoms with van der Waals surface area (Å²) in [6.45, 7) is 7.30. The van der Waals surface area contributed by atoms with Gasteiger partial charge in [-0.3, -0.25) is 4.79 Å². The van der Waals surface area contributed by atoms with Gasteiger partial charge in [-0.25, -0.2) is 9.97 Å². The Kier molecular flexibility index (Phi) is 10.7. The van der Waals surface area contributed by atoms with E-state index >= 15 is 0 Å². The minimum atomic E-state index is -4.70. The Bertz CT molecular complexity index is 1760. The number of aryl methyl sites for hydroxylation is 2. The number of aromatic nitrogens is 5. The number of hydrogen-bond acceptors (Lipinski definition) is 6. The second-order valence-corrected chi connectivity index (χ2v) is 10.6. The van der Waals surface area contributed by atoms with Gasteiger partial charge in [-0.1, -0.05) is 44.5 Å². The van der Waals surface area contributed by atoms with E-state index < -0.39 is 22.7 Å². The SMILES string of the molecule is CCC(C)c1nccc(Oc2cccc3cc(C(=O)Nc4cc(C(F)(F)F)c(Cl)cc4OC)n(C)c23)n1.CCCn1ccnc1. The van der Waals surface area contributed by atoms with Gasteiger partial charge in [0.05, 0.1) is 35.2 Å². The molecule has 0 aliphatic heterocycles. The highest BCUT2D eigenvalue weighted by atomic mass is 35.5. The molecule has 0 bridgehead atoms. The molecule has 13 heteroatoms. The average Bonchev–Trinajstić information content (AvgIpc) is 3.65. The zero-order valence-corrected chi connectivity index (χ0v) is 26.3. The second-order valence-electron chi connectivity index (χ2n) is 10.2. The maximum atomic E-state index is 13.4. The molecule has 1 amide bonds. The lowest BCUT2D eigenvalue weighted by Crippen LogP contribution is -2.17. The predicted molar refractivity (Wildman–Crippen MR) is 167 cm³/mol. The molecule has 0 fully saturated rings. The summed E-state index contributed by atoms with van der Waals surface area (Å²) in [7, 11) is 2.93. The smallest absolute Gasteiger partial charge is 0.417 e. The number of anilines is 1. The van der Waals surface area contributed by atoms with Gasteiger partial charge < -0.3 is 23.9 Å². The van der Waals surface area contributed by atoms with Gasteiger partial charge >= 0.3 is 6.18 Å². The van der Waals surface area contributed by atoms with Crippen LogP contribution in [0.15, 0.2) is 67.4 Å². The van der Waals surface area contributed by atoms with E-state index in [9.17, 15) is 18.0 Å². The molecule has 3 heterocycles. The second kappa shape index (κ2) is 14.5. The van der Waals surface area contributed by atoms with Crippen LogP contribution in [-0.2, 0) is 19.8 Å². The molecule has 0 spiro atoms. The number of hydrogen-bond donors (Lipinski definition) is 1. The molecule has 0 aliphatic carbocycles. The summed E-state index contributed by atoms with van der Waals surface area (Å²) in [5, 5.41) is 2.67. The summed E-state index contributed by atoms with van der Waals surface area (Å²) >= 11 is 5.78. The van der Waals surface area contributed by atoms with Crippen molar-refractivity contribution in [1.82, 2.24) is 24.1 Å². The van der Waals surface area contributed by atoms with E-state index in [4.69, 9.17) is 21.1 Å². The van der Waals surface area contributed by atoms with Crippen LogP contribution in [0.25, 0.3) is 10.9 Å². The number of imidazole rings is 1. The molecule has 5 aromatic rings. The molecule has 0 radical (unpaired) electrons. The first-order valence-electron chi connectivity index (χ1n) is 14.3. The summed E-state index contributed by atoms with van der Waals surface area (Å²) in [5.41, 5.74) is -0.445. The molecule has 5 rings (SSSR count). The van der Waals surface area contributed by atoms with Gasteiger partial charge in [-0.15, -0.1) is 0 Å². The summed E-state index contributed by atoms with van der Waals surface area (Å²) in [6.07, 6.45) is 4.59. The molecule has 1 atom stereocenters. The first-order valence-corrected chi connectivity index (χ1v) is 14.7. The standard InChI is InChI=1S/C26H24ClF3N4O3.C6H10N2/c1-5-14(2)24-31-10-9-22(33-24)37-20-8-6-7-15-11-19(34(3)23(15)20)25(35)32-18-12-16(26(28,29)30)17(27)13-21(18)36-4;1-2-4-8-5-3-7-6-8/h6-14H,5H2,1-4H3,(H,32,35);3,5-6H,2,4H2,1H3. The van der Waals surface area contributed by atoms with Crippen molar-refractivity contribution in [3.8, 4) is 17.4 Å². The summed E-state index contributed by atoms with van der Waals surface area (Å²) in [6, 6.07) is 10.3. The minimum Gasteiger partial charge on any atom is -0.495 e. The van der Waals surface area contributed by atoms with Crippen LogP contribution in [0, 0.1) is 0 Å². The highest BCUT2D eigenvalue weighted by molar-refractivity contribution is 6.31. The number of amides is 1. The van der Waals surface area contributed by atoms with Crippen LogP contribution in [0.5, 0.6) is 17.4 Å². The molecule has 45 heavy (non-hydrogen) atoms.